The summed E-state index contributed by atoms with van der Waals surface area (Å²) in [7, 11) is 2.23. The molecule has 86 valence electrons. The predicted octanol–water partition coefficient (Wildman–Crippen LogP) is 3.16. The van der Waals surface area contributed by atoms with Crippen molar-refractivity contribution >= 4 is 0 Å². The first kappa shape index (κ1) is 12.6. The van der Waals surface area contributed by atoms with E-state index in [1.54, 1.807) is 0 Å². The van der Waals surface area contributed by atoms with Gasteiger partial charge in [-0.1, -0.05) is 13.8 Å². The van der Waals surface area contributed by atoms with Crippen molar-refractivity contribution in [3.05, 3.63) is 0 Å². The Labute approximate surface area is 95.2 Å². The summed E-state index contributed by atoms with van der Waals surface area (Å²) in [6.07, 6.45) is 6.58. The maximum Gasteiger partial charge on any atom is 0.0146 e. The van der Waals surface area contributed by atoms with E-state index in [0.29, 0.717) is 5.92 Å². The first-order valence-electron chi connectivity index (χ1n) is 6.35. The van der Waals surface area contributed by atoms with Crippen LogP contribution in [0.25, 0.3) is 0 Å². The molecular formula is C14H25N. The molecule has 0 radical (unpaired) electrons. The van der Waals surface area contributed by atoms with Gasteiger partial charge in [-0.15, -0.1) is 11.8 Å². The van der Waals surface area contributed by atoms with Gasteiger partial charge in [0, 0.05) is 12.3 Å². The third kappa shape index (κ3) is 5.85. The number of hydrogen-bond acceptors (Lipinski definition) is 1. The number of hydrogen-bond donors (Lipinski definition) is 0. The lowest BCUT2D eigenvalue weighted by atomic mass is 9.92. The SMILES string of the molecule is CC(C)C#CCCCC1CCN(C)CC1. The van der Waals surface area contributed by atoms with Crippen molar-refractivity contribution in [1.29, 1.82) is 0 Å². The lowest BCUT2D eigenvalue weighted by molar-refractivity contribution is 0.211. The fourth-order valence-corrected chi connectivity index (χ4v) is 2.11. The summed E-state index contributed by atoms with van der Waals surface area (Å²) in [5, 5.41) is 0. The van der Waals surface area contributed by atoms with Crippen molar-refractivity contribution in [2.45, 2.75) is 46.0 Å². The summed E-state index contributed by atoms with van der Waals surface area (Å²) in [5.41, 5.74) is 0. The molecule has 15 heavy (non-hydrogen) atoms. The summed E-state index contributed by atoms with van der Waals surface area (Å²) in [5.74, 6) is 8.01. The Morgan fingerprint density at radius 1 is 1.27 bits per heavy atom. The molecule has 1 aliphatic heterocycles. The average Bonchev–Trinajstić information content (AvgIpc) is 2.20. The van der Waals surface area contributed by atoms with Gasteiger partial charge in [0.25, 0.3) is 0 Å². The molecule has 0 unspecified atom stereocenters. The monoisotopic (exact) mass is 207 g/mol. The quantitative estimate of drug-likeness (QED) is 0.507. The summed E-state index contributed by atoms with van der Waals surface area (Å²) in [4.78, 5) is 2.44. The van der Waals surface area contributed by atoms with E-state index in [1.165, 1.54) is 38.8 Å². The molecule has 0 aromatic rings. The third-order valence-electron chi connectivity index (χ3n) is 3.14. The first-order chi connectivity index (χ1) is 7.18. The van der Waals surface area contributed by atoms with Gasteiger partial charge in [-0.25, -0.2) is 0 Å². The molecule has 1 rings (SSSR count). The maximum absolute atomic E-state index is 3.27. The van der Waals surface area contributed by atoms with Crippen LogP contribution in [0.3, 0.4) is 0 Å². The van der Waals surface area contributed by atoms with Gasteiger partial charge in [-0.05, 0) is 51.7 Å². The van der Waals surface area contributed by atoms with E-state index in [1.807, 2.05) is 0 Å². The minimum absolute atomic E-state index is 0.535. The van der Waals surface area contributed by atoms with Crippen LogP contribution in [-0.2, 0) is 0 Å². The van der Waals surface area contributed by atoms with Gasteiger partial charge in [0.1, 0.15) is 0 Å². The summed E-state index contributed by atoms with van der Waals surface area (Å²) >= 11 is 0. The number of likely N-dealkylation sites (tertiary alicyclic amines) is 1. The van der Waals surface area contributed by atoms with E-state index in [2.05, 4.69) is 37.6 Å². The molecule has 0 aromatic heterocycles. The molecule has 1 saturated heterocycles. The first-order valence-corrected chi connectivity index (χ1v) is 6.35. The molecular weight excluding hydrogens is 182 g/mol. The highest BCUT2D eigenvalue weighted by molar-refractivity contribution is 5.00. The van der Waals surface area contributed by atoms with Gasteiger partial charge in [-0.2, -0.15) is 0 Å². The van der Waals surface area contributed by atoms with Crippen LogP contribution < -0.4 is 0 Å². The molecule has 1 nitrogen and oxygen atoms in total. The van der Waals surface area contributed by atoms with Gasteiger partial charge in [0.05, 0.1) is 0 Å². The molecule has 1 fully saturated rings. The number of rotatable bonds is 3. The Balaban J connectivity index is 2.04. The molecule has 0 amide bonds. The van der Waals surface area contributed by atoms with Crippen molar-refractivity contribution in [2.24, 2.45) is 11.8 Å². The number of unbranched alkanes of at least 4 members (excludes halogenated alkanes) is 1. The Bertz CT molecular complexity index is 213. The van der Waals surface area contributed by atoms with Crippen molar-refractivity contribution in [3.63, 3.8) is 0 Å². The molecule has 0 spiro atoms. The summed E-state index contributed by atoms with van der Waals surface area (Å²) in [6.45, 7) is 6.90. The zero-order valence-electron chi connectivity index (χ0n) is 10.6. The fraction of sp³-hybridized carbons (Fsp3) is 0.857. The largest absolute Gasteiger partial charge is 0.306 e. The second kappa shape index (κ2) is 6.90. The highest BCUT2D eigenvalue weighted by Crippen LogP contribution is 2.21. The maximum atomic E-state index is 3.27. The topological polar surface area (TPSA) is 3.24 Å². The molecule has 0 aliphatic carbocycles. The smallest absolute Gasteiger partial charge is 0.0146 e. The fourth-order valence-electron chi connectivity index (χ4n) is 2.11. The number of nitrogens with zero attached hydrogens (tertiary/aromatic N) is 1. The number of piperidine rings is 1. The molecule has 1 heterocycles. The minimum Gasteiger partial charge on any atom is -0.306 e. The average molecular weight is 207 g/mol. The highest BCUT2D eigenvalue weighted by Gasteiger charge is 2.15. The Kier molecular flexibility index (Phi) is 5.79. The zero-order chi connectivity index (χ0) is 11.1. The van der Waals surface area contributed by atoms with Crippen LogP contribution in [0.15, 0.2) is 0 Å². The Morgan fingerprint density at radius 3 is 2.53 bits per heavy atom. The van der Waals surface area contributed by atoms with E-state index in [9.17, 15) is 0 Å². The van der Waals surface area contributed by atoms with E-state index in [-0.39, 0.29) is 0 Å². The van der Waals surface area contributed by atoms with Crippen LogP contribution in [0.2, 0.25) is 0 Å². The van der Waals surface area contributed by atoms with Crippen molar-refractivity contribution in [2.75, 3.05) is 20.1 Å². The highest BCUT2D eigenvalue weighted by atomic mass is 15.1. The van der Waals surface area contributed by atoms with Crippen LogP contribution in [0, 0.1) is 23.7 Å². The molecule has 0 bridgehead atoms. The Morgan fingerprint density at radius 2 is 1.93 bits per heavy atom. The van der Waals surface area contributed by atoms with Gasteiger partial charge in [0.15, 0.2) is 0 Å². The summed E-state index contributed by atoms with van der Waals surface area (Å²) in [6, 6.07) is 0. The second-order valence-corrected chi connectivity index (χ2v) is 5.11. The van der Waals surface area contributed by atoms with Gasteiger partial charge >= 0.3 is 0 Å². The van der Waals surface area contributed by atoms with Crippen LogP contribution in [0.1, 0.15) is 46.0 Å². The summed E-state index contributed by atoms with van der Waals surface area (Å²) < 4.78 is 0. The van der Waals surface area contributed by atoms with Gasteiger partial charge in [0.2, 0.25) is 0 Å². The van der Waals surface area contributed by atoms with Crippen LogP contribution in [0.4, 0.5) is 0 Å². The molecule has 0 N–H and O–H groups in total. The molecule has 1 aliphatic rings. The minimum atomic E-state index is 0.535. The second-order valence-electron chi connectivity index (χ2n) is 5.11. The molecule has 0 saturated carbocycles. The lowest BCUT2D eigenvalue weighted by Gasteiger charge is -2.28. The standard InChI is InChI=1S/C14H25N/c1-13(2)7-5-4-6-8-14-9-11-15(3)12-10-14/h13-14H,4,6,8-12H2,1-3H3. The van der Waals surface area contributed by atoms with Crippen molar-refractivity contribution in [1.82, 2.24) is 4.90 Å². The van der Waals surface area contributed by atoms with Crippen LogP contribution >= 0.6 is 0 Å². The van der Waals surface area contributed by atoms with E-state index in [4.69, 9.17) is 0 Å². The van der Waals surface area contributed by atoms with E-state index >= 15 is 0 Å². The third-order valence-corrected chi connectivity index (χ3v) is 3.14. The lowest BCUT2D eigenvalue weighted by Crippen LogP contribution is -2.30. The van der Waals surface area contributed by atoms with Crippen LogP contribution in [0.5, 0.6) is 0 Å². The van der Waals surface area contributed by atoms with Crippen molar-refractivity contribution < 1.29 is 0 Å². The van der Waals surface area contributed by atoms with Crippen LogP contribution in [-0.4, -0.2) is 25.0 Å². The molecule has 0 aromatic carbocycles. The Hall–Kier alpha value is -0.480. The van der Waals surface area contributed by atoms with E-state index in [0.717, 1.165) is 12.3 Å². The van der Waals surface area contributed by atoms with Gasteiger partial charge < -0.3 is 4.90 Å². The zero-order valence-corrected chi connectivity index (χ0v) is 10.6. The molecule has 1 heteroatoms. The van der Waals surface area contributed by atoms with Gasteiger partial charge in [-0.3, -0.25) is 0 Å². The normalized spacial score (nSPS) is 18.9. The van der Waals surface area contributed by atoms with E-state index < -0.39 is 0 Å². The predicted molar refractivity (Wildman–Crippen MR) is 66.7 cm³/mol. The van der Waals surface area contributed by atoms with Crippen molar-refractivity contribution in [3.8, 4) is 11.8 Å². The molecule has 0 atom stereocenters.